The number of nitrogens with one attached hydrogen (secondary N) is 1. The lowest BCUT2D eigenvalue weighted by molar-refractivity contribution is 0.685. The Kier molecular flexibility index (Phi) is 3.80. The van der Waals surface area contributed by atoms with Crippen LogP contribution in [-0.4, -0.2) is 18.1 Å². The maximum Gasteiger partial charge on any atom is 0.128 e. The lowest BCUT2D eigenvalue weighted by atomic mass is 10.2. The predicted molar refractivity (Wildman–Crippen MR) is 80.5 cm³/mol. The molecule has 2 aromatic rings. The van der Waals surface area contributed by atoms with Crippen molar-refractivity contribution >= 4 is 17.2 Å². The molecule has 19 heavy (non-hydrogen) atoms. The lowest BCUT2D eigenvalue weighted by Gasteiger charge is -2.17. The van der Waals surface area contributed by atoms with E-state index in [0.717, 1.165) is 24.9 Å². The molecule has 0 aliphatic heterocycles. The zero-order chi connectivity index (χ0) is 13.1. The Labute approximate surface area is 118 Å². The maximum absolute atomic E-state index is 4.55. The van der Waals surface area contributed by atoms with E-state index >= 15 is 0 Å². The van der Waals surface area contributed by atoms with Gasteiger partial charge in [0, 0.05) is 32.4 Å². The summed E-state index contributed by atoms with van der Waals surface area (Å²) in [7, 11) is 2.09. The van der Waals surface area contributed by atoms with Crippen molar-refractivity contribution in [1.82, 2.24) is 10.3 Å². The molecule has 2 heterocycles. The number of hydrogen-bond acceptors (Lipinski definition) is 4. The van der Waals surface area contributed by atoms with Gasteiger partial charge in [0.1, 0.15) is 5.82 Å². The molecule has 4 heteroatoms. The largest absolute Gasteiger partial charge is 0.355 e. The van der Waals surface area contributed by atoms with Gasteiger partial charge in [0.15, 0.2) is 0 Å². The molecule has 1 fully saturated rings. The van der Waals surface area contributed by atoms with Crippen LogP contribution < -0.4 is 10.2 Å². The monoisotopic (exact) mass is 273 g/mol. The third-order valence-corrected chi connectivity index (χ3v) is 4.10. The average Bonchev–Trinajstić information content (AvgIpc) is 3.13. The fourth-order valence-electron chi connectivity index (χ4n) is 2.03. The number of thiophene rings is 1. The SMILES string of the molecule is CN(Cc1ccsc1)c1ccc(CNC2CC2)cn1. The van der Waals surface area contributed by atoms with E-state index in [4.69, 9.17) is 0 Å². The molecule has 0 radical (unpaired) electrons. The van der Waals surface area contributed by atoms with Crippen molar-refractivity contribution in [2.75, 3.05) is 11.9 Å². The number of aromatic nitrogens is 1. The highest BCUT2D eigenvalue weighted by molar-refractivity contribution is 7.07. The third kappa shape index (κ3) is 3.55. The van der Waals surface area contributed by atoms with E-state index in [1.807, 2.05) is 6.20 Å². The second-order valence-electron chi connectivity index (χ2n) is 5.17. The van der Waals surface area contributed by atoms with Gasteiger partial charge in [-0.3, -0.25) is 0 Å². The molecule has 1 aliphatic rings. The molecule has 0 aromatic carbocycles. The predicted octanol–water partition coefficient (Wildman–Crippen LogP) is 3.03. The highest BCUT2D eigenvalue weighted by Gasteiger charge is 2.19. The van der Waals surface area contributed by atoms with Crippen molar-refractivity contribution in [3.05, 3.63) is 46.3 Å². The number of pyridine rings is 1. The minimum atomic E-state index is 0.751. The normalized spacial score (nSPS) is 14.6. The fourth-order valence-corrected chi connectivity index (χ4v) is 2.69. The van der Waals surface area contributed by atoms with E-state index < -0.39 is 0 Å². The first-order chi connectivity index (χ1) is 9.31. The van der Waals surface area contributed by atoms with Gasteiger partial charge in [-0.25, -0.2) is 4.98 Å². The Morgan fingerprint density at radius 1 is 1.32 bits per heavy atom. The molecule has 0 unspecified atom stereocenters. The van der Waals surface area contributed by atoms with Crippen LogP contribution in [0, 0.1) is 0 Å². The van der Waals surface area contributed by atoms with Gasteiger partial charge in [-0.05, 0) is 46.9 Å². The van der Waals surface area contributed by atoms with Gasteiger partial charge < -0.3 is 10.2 Å². The zero-order valence-corrected chi connectivity index (χ0v) is 12.0. The van der Waals surface area contributed by atoms with Gasteiger partial charge in [0.25, 0.3) is 0 Å². The molecule has 0 atom stereocenters. The van der Waals surface area contributed by atoms with Crippen molar-refractivity contribution in [3.8, 4) is 0 Å². The zero-order valence-electron chi connectivity index (χ0n) is 11.2. The summed E-state index contributed by atoms with van der Waals surface area (Å²) in [6, 6.07) is 7.19. The van der Waals surface area contributed by atoms with Gasteiger partial charge in [-0.2, -0.15) is 11.3 Å². The van der Waals surface area contributed by atoms with Crippen LogP contribution in [0.2, 0.25) is 0 Å². The van der Waals surface area contributed by atoms with Crippen molar-refractivity contribution in [2.24, 2.45) is 0 Å². The minimum Gasteiger partial charge on any atom is -0.355 e. The van der Waals surface area contributed by atoms with Crippen LogP contribution in [-0.2, 0) is 13.1 Å². The smallest absolute Gasteiger partial charge is 0.128 e. The Bertz CT molecular complexity index is 503. The first kappa shape index (κ1) is 12.6. The molecule has 2 aromatic heterocycles. The van der Waals surface area contributed by atoms with Gasteiger partial charge in [0.2, 0.25) is 0 Å². The Morgan fingerprint density at radius 2 is 2.21 bits per heavy atom. The average molecular weight is 273 g/mol. The number of rotatable bonds is 6. The summed E-state index contributed by atoms with van der Waals surface area (Å²) in [5.74, 6) is 1.03. The number of anilines is 1. The molecule has 1 saturated carbocycles. The van der Waals surface area contributed by atoms with E-state index in [1.54, 1.807) is 11.3 Å². The minimum absolute atomic E-state index is 0.751. The summed E-state index contributed by atoms with van der Waals surface area (Å²) in [4.78, 5) is 6.73. The van der Waals surface area contributed by atoms with Crippen LogP contribution in [0.1, 0.15) is 24.0 Å². The second-order valence-corrected chi connectivity index (χ2v) is 5.95. The summed E-state index contributed by atoms with van der Waals surface area (Å²) in [5.41, 5.74) is 2.60. The first-order valence-electron chi connectivity index (χ1n) is 6.72. The quantitative estimate of drug-likeness (QED) is 0.877. The van der Waals surface area contributed by atoms with Crippen LogP contribution in [0.25, 0.3) is 0 Å². The highest BCUT2D eigenvalue weighted by Crippen LogP contribution is 2.19. The van der Waals surface area contributed by atoms with Gasteiger partial charge in [-0.1, -0.05) is 6.07 Å². The Morgan fingerprint density at radius 3 is 2.84 bits per heavy atom. The molecule has 0 saturated heterocycles. The molecule has 0 amide bonds. The second kappa shape index (κ2) is 5.72. The van der Waals surface area contributed by atoms with Crippen molar-refractivity contribution in [2.45, 2.75) is 32.0 Å². The van der Waals surface area contributed by atoms with Crippen molar-refractivity contribution in [1.29, 1.82) is 0 Å². The third-order valence-electron chi connectivity index (χ3n) is 3.37. The van der Waals surface area contributed by atoms with E-state index in [1.165, 1.54) is 24.0 Å². The van der Waals surface area contributed by atoms with Crippen LogP contribution in [0.4, 0.5) is 5.82 Å². The molecule has 0 spiro atoms. The molecular formula is C15H19N3S. The molecule has 1 N–H and O–H groups in total. The summed E-state index contributed by atoms with van der Waals surface area (Å²) in [5, 5.41) is 7.80. The van der Waals surface area contributed by atoms with Gasteiger partial charge in [0.05, 0.1) is 0 Å². The van der Waals surface area contributed by atoms with Crippen LogP contribution in [0.5, 0.6) is 0 Å². The topological polar surface area (TPSA) is 28.2 Å². The molecule has 1 aliphatic carbocycles. The van der Waals surface area contributed by atoms with E-state index in [2.05, 4.69) is 51.2 Å². The summed E-state index contributed by atoms with van der Waals surface area (Å²) < 4.78 is 0. The fraction of sp³-hybridized carbons (Fsp3) is 0.400. The van der Waals surface area contributed by atoms with Crippen molar-refractivity contribution < 1.29 is 0 Å². The number of nitrogens with zero attached hydrogens (tertiary/aromatic N) is 2. The highest BCUT2D eigenvalue weighted by atomic mass is 32.1. The van der Waals surface area contributed by atoms with Crippen LogP contribution >= 0.6 is 11.3 Å². The Balaban J connectivity index is 1.57. The molecule has 0 bridgehead atoms. The van der Waals surface area contributed by atoms with Gasteiger partial charge in [-0.15, -0.1) is 0 Å². The Hall–Kier alpha value is -1.39. The van der Waals surface area contributed by atoms with Crippen LogP contribution in [0.3, 0.4) is 0 Å². The standard InChI is InChI=1S/C15H19N3S/c1-18(10-13-6-7-19-11-13)15-5-2-12(9-17-15)8-16-14-3-4-14/h2,5-7,9,11,14,16H,3-4,8,10H2,1H3. The first-order valence-corrected chi connectivity index (χ1v) is 7.66. The maximum atomic E-state index is 4.55. The van der Waals surface area contributed by atoms with E-state index in [9.17, 15) is 0 Å². The molecular weight excluding hydrogens is 254 g/mol. The summed E-state index contributed by atoms with van der Waals surface area (Å²) in [6.45, 7) is 1.85. The van der Waals surface area contributed by atoms with E-state index in [0.29, 0.717) is 0 Å². The number of hydrogen-bond donors (Lipinski definition) is 1. The molecule has 100 valence electrons. The van der Waals surface area contributed by atoms with E-state index in [-0.39, 0.29) is 0 Å². The van der Waals surface area contributed by atoms with Crippen LogP contribution in [0.15, 0.2) is 35.2 Å². The summed E-state index contributed by atoms with van der Waals surface area (Å²) >= 11 is 1.74. The molecule has 3 rings (SSSR count). The lowest BCUT2D eigenvalue weighted by Crippen LogP contribution is -2.18. The van der Waals surface area contributed by atoms with Gasteiger partial charge >= 0.3 is 0 Å². The summed E-state index contributed by atoms with van der Waals surface area (Å²) in [6.07, 6.45) is 4.64. The van der Waals surface area contributed by atoms with Crippen molar-refractivity contribution in [3.63, 3.8) is 0 Å². The molecule has 3 nitrogen and oxygen atoms in total.